The molecular formula is C18H21N3O3. The standard InChI is InChI=1S/C18H21N3O3/c1-12-8-13(2)21(19-12)10-15-4-3-7-20(15)18(22)14-5-6-16-17(9-14)24-11-23-16/h5-6,8-9,15H,3-4,7,10-11H2,1-2H3/t15-/m0/s1. The maximum atomic E-state index is 12.9. The van der Waals surface area contributed by atoms with Crippen LogP contribution in [0, 0.1) is 13.8 Å². The first-order valence-electron chi connectivity index (χ1n) is 8.33. The minimum Gasteiger partial charge on any atom is -0.454 e. The van der Waals surface area contributed by atoms with Crippen molar-refractivity contribution in [1.29, 1.82) is 0 Å². The van der Waals surface area contributed by atoms with Gasteiger partial charge in [-0.2, -0.15) is 5.10 Å². The van der Waals surface area contributed by atoms with Crippen molar-refractivity contribution in [2.75, 3.05) is 13.3 Å². The maximum Gasteiger partial charge on any atom is 0.254 e. The van der Waals surface area contributed by atoms with Crippen molar-refractivity contribution in [1.82, 2.24) is 14.7 Å². The van der Waals surface area contributed by atoms with Crippen molar-refractivity contribution in [2.45, 2.75) is 39.3 Å². The summed E-state index contributed by atoms with van der Waals surface area (Å²) in [5.74, 6) is 1.40. The zero-order valence-electron chi connectivity index (χ0n) is 14.0. The summed E-state index contributed by atoms with van der Waals surface area (Å²) in [5, 5.41) is 4.53. The Kier molecular flexibility index (Phi) is 3.67. The molecule has 1 amide bonds. The van der Waals surface area contributed by atoms with Crippen molar-refractivity contribution in [3.05, 3.63) is 41.2 Å². The van der Waals surface area contributed by atoms with E-state index in [1.807, 2.05) is 28.6 Å². The van der Waals surface area contributed by atoms with Crippen LogP contribution in [-0.4, -0.2) is 40.0 Å². The van der Waals surface area contributed by atoms with Gasteiger partial charge >= 0.3 is 0 Å². The SMILES string of the molecule is Cc1cc(C)n(C[C@@H]2CCCN2C(=O)c2ccc3c(c2)OCO3)n1. The lowest BCUT2D eigenvalue weighted by atomic mass is 10.1. The summed E-state index contributed by atoms with van der Waals surface area (Å²) in [6.07, 6.45) is 2.04. The molecule has 0 N–H and O–H groups in total. The Bertz CT molecular complexity index is 784. The van der Waals surface area contributed by atoms with Crippen LogP contribution < -0.4 is 9.47 Å². The molecule has 0 unspecified atom stereocenters. The summed E-state index contributed by atoms with van der Waals surface area (Å²) < 4.78 is 12.7. The molecule has 1 aromatic carbocycles. The molecule has 24 heavy (non-hydrogen) atoms. The van der Waals surface area contributed by atoms with E-state index >= 15 is 0 Å². The van der Waals surface area contributed by atoms with Crippen molar-refractivity contribution in [3.8, 4) is 11.5 Å². The fourth-order valence-corrected chi connectivity index (χ4v) is 3.55. The molecule has 1 fully saturated rings. The summed E-state index contributed by atoms with van der Waals surface area (Å²) in [4.78, 5) is 14.9. The van der Waals surface area contributed by atoms with Crippen LogP contribution in [0.1, 0.15) is 34.6 Å². The number of amides is 1. The van der Waals surface area contributed by atoms with E-state index in [1.54, 1.807) is 6.07 Å². The van der Waals surface area contributed by atoms with Crippen LogP contribution in [0.15, 0.2) is 24.3 Å². The van der Waals surface area contributed by atoms with Crippen LogP contribution in [0.25, 0.3) is 0 Å². The number of carbonyl (C=O) groups excluding carboxylic acids is 1. The maximum absolute atomic E-state index is 12.9. The van der Waals surface area contributed by atoms with Crippen LogP contribution in [0.3, 0.4) is 0 Å². The van der Waals surface area contributed by atoms with Crippen molar-refractivity contribution in [3.63, 3.8) is 0 Å². The lowest BCUT2D eigenvalue weighted by Crippen LogP contribution is -2.38. The molecule has 126 valence electrons. The minimum absolute atomic E-state index is 0.0531. The monoisotopic (exact) mass is 327 g/mol. The molecule has 6 heteroatoms. The number of benzene rings is 1. The van der Waals surface area contributed by atoms with E-state index < -0.39 is 0 Å². The first-order valence-corrected chi connectivity index (χ1v) is 8.33. The summed E-state index contributed by atoms with van der Waals surface area (Å²) in [6.45, 7) is 5.80. The van der Waals surface area contributed by atoms with Gasteiger partial charge in [0, 0.05) is 17.8 Å². The van der Waals surface area contributed by atoms with Gasteiger partial charge in [-0.15, -0.1) is 0 Å². The molecule has 1 saturated heterocycles. The van der Waals surface area contributed by atoms with Crippen LogP contribution in [0.5, 0.6) is 11.5 Å². The lowest BCUT2D eigenvalue weighted by molar-refractivity contribution is 0.0720. The number of hydrogen-bond donors (Lipinski definition) is 0. The van der Waals surface area contributed by atoms with Gasteiger partial charge < -0.3 is 14.4 Å². The Balaban J connectivity index is 1.54. The van der Waals surface area contributed by atoms with Crippen LogP contribution >= 0.6 is 0 Å². The first kappa shape index (κ1) is 15.1. The van der Waals surface area contributed by atoms with Gasteiger partial charge in [0.15, 0.2) is 11.5 Å². The number of fused-ring (bicyclic) bond motifs is 1. The first-order chi connectivity index (χ1) is 11.6. The Morgan fingerprint density at radius 1 is 1.25 bits per heavy atom. The van der Waals surface area contributed by atoms with Gasteiger partial charge in [0.2, 0.25) is 6.79 Å². The Labute approximate surface area is 141 Å². The third kappa shape index (κ3) is 2.62. The molecule has 2 aliphatic heterocycles. The number of aryl methyl sites for hydroxylation is 2. The molecule has 3 heterocycles. The zero-order valence-corrected chi connectivity index (χ0v) is 14.0. The van der Waals surface area contributed by atoms with Gasteiger partial charge in [-0.25, -0.2) is 0 Å². The second kappa shape index (κ2) is 5.85. The number of hydrogen-bond acceptors (Lipinski definition) is 4. The fraction of sp³-hybridized carbons (Fsp3) is 0.444. The molecule has 1 aromatic heterocycles. The largest absolute Gasteiger partial charge is 0.454 e. The van der Waals surface area contributed by atoms with E-state index in [4.69, 9.17) is 9.47 Å². The zero-order chi connectivity index (χ0) is 16.7. The number of rotatable bonds is 3. The molecule has 6 nitrogen and oxygen atoms in total. The van der Waals surface area contributed by atoms with Gasteiger partial charge in [-0.1, -0.05) is 0 Å². The molecule has 2 aliphatic rings. The number of nitrogens with zero attached hydrogens (tertiary/aromatic N) is 3. The van der Waals surface area contributed by atoms with Crippen LogP contribution in [0.4, 0.5) is 0 Å². The third-order valence-electron chi connectivity index (χ3n) is 4.74. The van der Waals surface area contributed by atoms with Gasteiger partial charge in [-0.05, 0) is 51.0 Å². The molecule has 1 atom stereocenters. The quantitative estimate of drug-likeness (QED) is 0.869. The molecule has 0 bridgehead atoms. The molecule has 0 radical (unpaired) electrons. The number of aromatic nitrogens is 2. The predicted molar refractivity (Wildman–Crippen MR) is 88.3 cm³/mol. The van der Waals surface area contributed by atoms with Gasteiger partial charge in [0.1, 0.15) is 0 Å². The smallest absolute Gasteiger partial charge is 0.254 e. The highest BCUT2D eigenvalue weighted by atomic mass is 16.7. The second-order valence-electron chi connectivity index (χ2n) is 6.47. The average molecular weight is 327 g/mol. The van der Waals surface area contributed by atoms with E-state index in [9.17, 15) is 4.79 Å². The Hall–Kier alpha value is -2.50. The van der Waals surface area contributed by atoms with Crippen LogP contribution in [-0.2, 0) is 6.54 Å². The summed E-state index contributed by atoms with van der Waals surface area (Å²) >= 11 is 0. The van der Waals surface area contributed by atoms with Crippen molar-refractivity contribution < 1.29 is 14.3 Å². The normalized spacial score (nSPS) is 19.1. The Morgan fingerprint density at radius 2 is 2.08 bits per heavy atom. The lowest BCUT2D eigenvalue weighted by Gasteiger charge is -2.25. The van der Waals surface area contributed by atoms with E-state index in [0.29, 0.717) is 17.1 Å². The minimum atomic E-state index is 0.0531. The molecular weight excluding hydrogens is 306 g/mol. The van der Waals surface area contributed by atoms with Crippen molar-refractivity contribution >= 4 is 5.91 Å². The van der Waals surface area contributed by atoms with Crippen LogP contribution in [0.2, 0.25) is 0 Å². The van der Waals surface area contributed by atoms with Crippen molar-refractivity contribution in [2.24, 2.45) is 0 Å². The third-order valence-corrected chi connectivity index (χ3v) is 4.74. The molecule has 4 rings (SSSR count). The van der Waals surface area contributed by atoms with E-state index in [1.165, 1.54) is 0 Å². The van der Waals surface area contributed by atoms with Gasteiger partial charge in [-0.3, -0.25) is 9.48 Å². The topological polar surface area (TPSA) is 56.6 Å². The van der Waals surface area contributed by atoms with E-state index in [-0.39, 0.29) is 18.7 Å². The number of carbonyl (C=O) groups is 1. The summed E-state index contributed by atoms with van der Waals surface area (Å²) in [6, 6.07) is 7.65. The average Bonchev–Trinajstić information content (AvgIpc) is 3.27. The highest BCUT2D eigenvalue weighted by Crippen LogP contribution is 2.33. The molecule has 2 aromatic rings. The molecule has 0 aliphatic carbocycles. The fourth-order valence-electron chi connectivity index (χ4n) is 3.55. The number of likely N-dealkylation sites (tertiary alicyclic amines) is 1. The summed E-state index contributed by atoms with van der Waals surface area (Å²) in [5.41, 5.74) is 2.80. The second-order valence-corrected chi connectivity index (χ2v) is 6.47. The Morgan fingerprint density at radius 3 is 2.88 bits per heavy atom. The van der Waals surface area contributed by atoms with E-state index in [0.717, 1.165) is 37.3 Å². The van der Waals surface area contributed by atoms with Gasteiger partial charge in [0.05, 0.1) is 18.3 Å². The molecule has 0 saturated carbocycles. The summed E-state index contributed by atoms with van der Waals surface area (Å²) in [7, 11) is 0. The predicted octanol–water partition coefficient (Wildman–Crippen LogP) is 2.53. The van der Waals surface area contributed by atoms with E-state index in [2.05, 4.69) is 18.1 Å². The number of ether oxygens (including phenoxy) is 2. The van der Waals surface area contributed by atoms with Gasteiger partial charge in [0.25, 0.3) is 5.91 Å². The molecule has 0 spiro atoms. The highest BCUT2D eigenvalue weighted by Gasteiger charge is 2.31. The highest BCUT2D eigenvalue weighted by molar-refractivity contribution is 5.95.